The molecule has 1 aliphatic carbocycles. The van der Waals surface area contributed by atoms with Gasteiger partial charge >= 0.3 is 0 Å². The molecule has 0 atom stereocenters. The maximum absolute atomic E-state index is 5.24. The molecule has 0 amide bonds. The van der Waals surface area contributed by atoms with Crippen LogP contribution in [0.15, 0.2) is 0 Å². The van der Waals surface area contributed by atoms with Crippen molar-refractivity contribution in [1.82, 2.24) is 10.6 Å². The average molecular weight is 230 g/mol. The summed E-state index contributed by atoms with van der Waals surface area (Å²) in [6, 6.07) is 0. The molecule has 0 unspecified atom stereocenters. The van der Waals surface area contributed by atoms with Gasteiger partial charge < -0.3 is 15.4 Å². The Bertz CT molecular complexity index is 205. The van der Waals surface area contributed by atoms with Gasteiger partial charge in [0.15, 0.2) is 5.11 Å². The van der Waals surface area contributed by atoms with E-state index in [1.807, 2.05) is 6.92 Å². The number of ether oxygens (including phenoxy) is 1. The number of thiocarbonyl (C=S) groups is 1. The summed E-state index contributed by atoms with van der Waals surface area (Å²) in [5.41, 5.74) is 0.511. The Morgan fingerprint density at radius 2 is 2.13 bits per heavy atom. The Morgan fingerprint density at radius 3 is 2.73 bits per heavy atom. The lowest BCUT2D eigenvalue weighted by Gasteiger charge is -2.13. The van der Waals surface area contributed by atoms with Gasteiger partial charge in [-0.05, 0) is 43.8 Å². The lowest BCUT2D eigenvalue weighted by atomic mass is 10.1. The van der Waals surface area contributed by atoms with Gasteiger partial charge in [0.2, 0.25) is 0 Å². The second-order valence-corrected chi connectivity index (χ2v) is 4.88. The first-order chi connectivity index (χ1) is 7.16. The molecule has 0 aromatic rings. The van der Waals surface area contributed by atoms with Crippen molar-refractivity contribution in [3.63, 3.8) is 0 Å². The zero-order valence-electron chi connectivity index (χ0n) is 9.77. The fraction of sp³-hybridized carbons (Fsp3) is 0.909. The summed E-state index contributed by atoms with van der Waals surface area (Å²) in [6.07, 6.45) is 3.66. The van der Waals surface area contributed by atoms with Crippen molar-refractivity contribution in [3.8, 4) is 0 Å². The molecule has 0 aromatic carbocycles. The molecular weight excluding hydrogens is 208 g/mol. The first-order valence-electron chi connectivity index (χ1n) is 5.76. The van der Waals surface area contributed by atoms with E-state index in [4.69, 9.17) is 17.0 Å². The maximum Gasteiger partial charge on any atom is 0.166 e. The van der Waals surface area contributed by atoms with Gasteiger partial charge in [-0.15, -0.1) is 0 Å². The van der Waals surface area contributed by atoms with Crippen molar-refractivity contribution in [3.05, 3.63) is 0 Å². The van der Waals surface area contributed by atoms with Crippen molar-refractivity contribution >= 4 is 17.3 Å². The van der Waals surface area contributed by atoms with Crippen LogP contribution in [0.25, 0.3) is 0 Å². The number of rotatable bonds is 7. The van der Waals surface area contributed by atoms with E-state index in [2.05, 4.69) is 17.6 Å². The van der Waals surface area contributed by atoms with Crippen molar-refractivity contribution in [2.75, 3.05) is 26.3 Å². The molecule has 2 N–H and O–H groups in total. The molecule has 0 heterocycles. The second-order valence-electron chi connectivity index (χ2n) is 4.47. The molecule has 0 saturated heterocycles. The summed E-state index contributed by atoms with van der Waals surface area (Å²) in [7, 11) is 0. The molecule has 1 fully saturated rings. The lowest BCUT2D eigenvalue weighted by molar-refractivity contribution is 0.145. The zero-order valence-corrected chi connectivity index (χ0v) is 10.6. The van der Waals surface area contributed by atoms with Crippen LogP contribution in [0.2, 0.25) is 0 Å². The Balaban J connectivity index is 1.89. The SMILES string of the molecule is CCOCCCNC(=S)NCC1(C)CC1. The van der Waals surface area contributed by atoms with Crippen molar-refractivity contribution in [2.24, 2.45) is 5.41 Å². The van der Waals surface area contributed by atoms with Crippen molar-refractivity contribution in [1.29, 1.82) is 0 Å². The standard InChI is InChI=1S/C11H22N2OS/c1-3-14-8-4-7-12-10(15)13-9-11(2)5-6-11/h3-9H2,1-2H3,(H2,12,13,15). The first-order valence-corrected chi connectivity index (χ1v) is 6.16. The van der Waals surface area contributed by atoms with Gasteiger partial charge in [0.1, 0.15) is 0 Å². The van der Waals surface area contributed by atoms with Gasteiger partial charge in [-0.3, -0.25) is 0 Å². The van der Waals surface area contributed by atoms with Crippen molar-refractivity contribution < 1.29 is 4.74 Å². The fourth-order valence-electron chi connectivity index (χ4n) is 1.27. The fourth-order valence-corrected chi connectivity index (χ4v) is 1.44. The molecule has 0 bridgehead atoms. The highest BCUT2D eigenvalue weighted by Gasteiger charge is 2.36. The molecule has 1 aliphatic rings. The molecule has 1 saturated carbocycles. The first kappa shape index (κ1) is 12.7. The van der Waals surface area contributed by atoms with Crippen molar-refractivity contribution in [2.45, 2.75) is 33.1 Å². The lowest BCUT2D eigenvalue weighted by Crippen LogP contribution is -2.38. The smallest absolute Gasteiger partial charge is 0.166 e. The third-order valence-electron chi connectivity index (χ3n) is 2.73. The average Bonchev–Trinajstić information content (AvgIpc) is 2.94. The van der Waals surface area contributed by atoms with Crippen LogP contribution in [-0.4, -0.2) is 31.4 Å². The van der Waals surface area contributed by atoms with Crippen LogP contribution in [0.4, 0.5) is 0 Å². The molecule has 0 radical (unpaired) electrons. The number of hydrogen-bond acceptors (Lipinski definition) is 2. The molecule has 0 aromatic heterocycles. The minimum absolute atomic E-state index is 0.511. The van der Waals surface area contributed by atoms with E-state index in [9.17, 15) is 0 Å². The van der Waals surface area contributed by atoms with Gasteiger partial charge in [0, 0.05) is 26.3 Å². The quantitative estimate of drug-likeness (QED) is 0.515. The van der Waals surface area contributed by atoms with Gasteiger partial charge in [-0.25, -0.2) is 0 Å². The van der Waals surface area contributed by atoms with Crippen LogP contribution in [0.5, 0.6) is 0 Å². The van der Waals surface area contributed by atoms with E-state index in [0.717, 1.165) is 37.8 Å². The Labute approximate surface area is 98.0 Å². The monoisotopic (exact) mass is 230 g/mol. The minimum Gasteiger partial charge on any atom is -0.382 e. The van der Waals surface area contributed by atoms with Crippen LogP contribution >= 0.6 is 12.2 Å². The van der Waals surface area contributed by atoms with E-state index in [-0.39, 0.29) is 0 Å². The predicted molar refractivity (Wildman–Crippen MR) is 67.1 cm³/mol. The van der Waals surface area contributed by atoms with Gasteiger partial charge in [-0.1, -0.05) is 6.92 Å². The molecule has 88 valence electrons. The third kappa shape index (κ3) is 5.95. The highest BCUT2D eigenvalue weighted by Crippen LogP contribution is 2.43. The summed E-state index contributed by atoms with van der Waals surface area (Å²) in [6.45, 7) is 7.80. The van der Waals surface area contributed by atoms with Gasteiger partial charge in [0.25, 0.3) is 0 Å². The molecule has 1 rings (SSSR count). The molecule has 4 heteroatoms. The van der Waals surface area contributed by atoms with Crippen LogP contribution in [0.1, 0.15) is 33.1 Å². The normalized spacial score (nSPS) is 17.2. The highest BCUT2D eigenvalue weighted by atomic mass is 32.1. The van der Waals surface area contributed by atoms with Gasteiger partial charge in [0.05, 0.1) is 0 Å². The predicted octanol–water partition coefficient (Wildman–Crippen LogP) is 1.68. The van der Waals surface area contributed by atoms with E-state index < -0.39 is 0 Å². The van der Waals surface area contributed by atoms with E-state index in [0.29, 0.717) is 5.41 Å². The molecule has 15 heavy (non-hydrogen) atoms. The molecular formula is C11H22N2OS. The zero-order chi connectivity index (χ0) is 11.1. The van der Waals surface area contributed by atoms with E-state index in [1.54, 1.807) is 0 Å². The molecule has 0 aliphatic heterocycles. The topological polar surface area (TPSA) is 33.3 Å². The van der Waals surface area contributed by atoms with E-state index >= 15 is 0 Å². The Hall–Kier alpha value is -0.350. The summed E-state index contributed by atoms with van der Waals surface area (Å²) < 4.78 is 5.24. The summed E-state index contributed by atoms with van der Waals surface area (Å²) >= 11 is 5.16. The van der Waals surface area contributed by atoms with Crippen LogP contribution in [-0.2, 0) is 4.74 Å². The Kier molecular flexibility index (Phi) is 5.32. The van der Waals surface area contributed by atoms with E-state index in [1.165, 1.54) is 12.8 Å². The third-order valence-corrected chi connectivity index (χ3v) is 3.02. The number of hydrogen-bond donors (Lipinski definition) is 2. The number of nitrogens with one attached hydrogen (secondary N) is 2. The second kappa shape index (κ2) is 6.28. The highest BCUT2D eigenvalue weighted by molar-refractivity contribution is 7.80. The maximum atomic E-state index is 5.24. The van der Waals surface area contributed by atoms with Crippen LogP contribution in [0.3, 0.4) is 0 Å². The summed E-state index contributed by atoms with van der Waals surface area (Å²) in [4.78, 5) is 0. The van der Waals surface area contributed by atoms with Crippen LogP contribution in [0, 0.1) is 5.41 Å². The minimum atomic E-state index is 0.511. The largest absolute Gasteiger partial charge is 0.382 e. The summed E-state index contributed by atoms with van der Waals surface area (Å²) in [5, 5.41) is 7.22. The Morgan fingerprint density at radius 1 is 1.40 bits per heavy atom. The van der Waals surface area contributed by atoms with Crippen LogP contribution < -0.4 is 10.6 Å². The molecule has 3 nitrogen and oxygen atoms in total. The summed E-state index contributed by atoms with van der Waals surface area (Å²) in [5.74, 6) is 0. The molecule has 0 spiro atoms. The van der Waals surface area contributed by atoms with Gasteiger partial charge in [-0.2, -0.15) is 0 Å².